The molecule has 0 radical (unpaired) electrons. The molecule has 0 amide bonds. The van der Waals surface area contributed by atoms with Crippen molar-refractivity contribution in [1.29, 1.82) is 0 Å². The largest absolute Gasteiger partial charge is 0.318 e. The quantitative estimate of drug-likeness (QED) is 0.774. The molecule has 96 valence electrons. The molecule has 0 saturated carbocycles. The van der Waals surface area contributed by atoms with Crippen LogP contribution >= 0.6 is 0 Å². The van der Waals surface area contributed by atoms with Gasteiger partial charge in [0, 0.05) is 25.5 Å². The van der Waals surface area contributed by atoms with Crippen LogP contribution in [0.2, 0.25) is 0 Å². The fourth-order valence-corrected chi connectivity index (χ4v) is 2.43. The Morgan fingerprint density at radius 2 is 2.18 bits per heavy atom. The molecule has 1 atom stereocenters. The predicted molar refractivity (Wildman–Crippen MR) is 68.1 cm³/mol. The summed E-state index contributed by atoms with van der Waals surface area (Å²) in [5.41, 5.74) is 1.93. The minimum atomic E-state index is -3.28. The summed E-state index contributed by atoms with van der Waals surface area (Å²) in [4.78, 5) is 3.98. The van der Waals surface area contributed by atoms with Crippen molar-refractivity contribution in [2.45, 2.75) is 25.6 Å². The molecular weight excluding hydrogens is 238 g/mol. The van der Waals surface area contributed by atoms with Gasteiger partial charge in [0.15, 0.2) is 0 Å². The molecule has 0 aromatic carbocycles. The van der Waals surface area contributed by atoms with Crippen LogP contribution in [0, 0.1) is 6.92 Å². The smallest absolute Gasteiger partial charge is 0.215 e. The lowest BCUT2D eigenvalue weighted by Crippen LogP contribution is -2.37. The van der Waals surface area contributed by atoms with E-state index in [1.165, 1.54) is 0 Å². The van der Waals surface area contributed by atoms with Crippen molar-refractivity contribution < 1.29 is 8.42 Å². The Kier molecular flexibility index (Phi) is 5.04. The summed E-state index contributed by atoms with van der Waals surface area (Å²) < 4.78 is 26.3. The first-order chi connectivity index (χ1) is 7.97. The third-order valence-corrected chi connectivity index (χ3v) is 4.41. The van der Waals surface area contributed by atoms with Crippen LogP contribution in [0.25, 0.3) is 0 Å². The fraction of sp³-hybridized carbons (Fsp3) is 0.545. The van der Waals surface area contributed by atoms with Gasteiger partial charge in [-0.2, -0.15) is 0 Å². The van der Waals surface area contributed by atoms with Gasteiger partial charge in [-0.3, -0.25) is 4.98 Å². The summed E-state index contributed by atoms with van der Waals surface area (Å²) in [5.74, 6) is 0. The van der Waals surface area contributed by atoms with Gasteiger partial charge >= 0.3 is 0 Å². The number of nitrogens with one attached hydrogen (secondary N) is 2. The van der Waals surface area contributed by atoms with Gasteiger partial charge < -0.3 is 5.32 Å². The van der Waals surface area contributed by atoms with E-state index in [1.54, 1.807) is 26.4 Å². The minimum Gasteiger partial charge on any atom is -0.318 e. The fourth-order valence-electron chi connectivity index (χ4n) is 1.40. The molecule has 1 aromatic rings. The zero-order valence-electron chi connectivity index (χ0n) is 10.4. The molecule has 0 aliphatic rings. The number of sulfonamides is 1. The van der Waals surface area contributed by atoms with Crippen molar-refractivity contribution in [3.8, 4) is 0 Å². The van der Waals surface area contributed by atoms with Crippen molar-refractivity contribution in [3.63, 3.8) is 0 Å². The molecule has 0 bridgehead atoms. The number of pyridine rings is 1. The first-order valence-electron chi connectivity index (χ1n) is 5.50. The van der Waals surface area contributed by atoms with Gasteiger partial charge in [-0.1, -0.05) is 0 Å². The third-order valence-electron chi connectivity index (χ3n) is 2.63. The molecule has 5 nitrogen and oxygen atoms in total. The molecule has 0 saturated heterocycles. The monoisotopic (exact) mass is 257 g/mol. The van der Waals surface area contributed by atoms with E-state index in [-0.39, 0.29) is 6.54 Å². The molecule has 1 aromatic heterocycles. The molecule has 6 heteroatoms. The van der Waals surface area contributed by atoms with Crippen LogP contribution in [0.3, 0.4) is 0 Å². The summed E-state index contributed by atoms with van der Waals surface area (Å²) in [6, 6.07) is 1.86. The highest BCUT2D eigenvalue weighted by atomic mass is 32.2. The second-order valence-electron chi connectivity index (χ2n) is 4.04. The maximum Gasteiger partial charge on any atom is 0.215 e. The zero-order valence-corrected chi connectivity index (χ0v) is 11.2. The lowest BCUT2D eigenvalue weighted by molar-refractivity contribution is 0.563. The molecule has 2 N–H and O–H groups in total. The van der Waals surface area contributed by atoms with Gasteiger partial charge in [0.2, 0.25) is 10.0 Å². The van der Waals surface area contributed by atoms with Crippen LogP contribution in [0.5, 0.6) is 0 Å². The van der Waals surface area contributed by atoms with Crippen LogP contribution in [-0.2, 0) is 16.6 Å². The number of aromatic nitrogens is 1. The Morgan fingerprint density at radius 3 is 2.76 bits per heavy atom. The van der Waals surface area contributed by atoms with Crippen molar-refractivity contribution >= 4 is 10.0 Å². The van der Waals surface area contributed by atoms with Crippen molar-refractivity contribution in [1.82, 2.24) is 15.0 Å². The van der Waals surface area contributed by atoms with Gasteiger partial charge in [-0.25, -0.2) is 13.1 Å². The summed E-state index contributed by atoms with van der Waals surface area (Å²) in [5, 5.41) is 2.40. The number of hydrogen-bond donors (Lipinski definition) is 2. The molecule has 1 heterocycles. The molecule has 0 aliphatic heterocycles. The minimum absolute atomic E-state index is 0.288. The van der Waals surface area contributed by atoms with Crippen LogP contribution in [0.15, 0.2) is 18.5 Å². The third kappa shape index (κ3) is 4.07. The number of hydrogen-bond acceptors (Lipinski definition) is 4. The van der Waals surface area contributed by atoms with E-state index >= 15 is 0 Å². The van der Waals surface area contributed by atoms with E-state index in [9.17, 15) is 8.42 Å². The first-order valence-corrected chi connectivity index (χ1v) is 7.04. The summed E-state index contributed by atoms with van der Waals surface area (Å²) >= 11 is 0. The van der Waals surface area contributed by atoms with Crippen LogP contribution in [0.1, 0.15) is 18.1 Å². The van der Waals surface area contributed by atoms with Gasteiger partial charge in [0.25, 0.3) is 0 Å². The van der Waals surface area contributed by atoms with Crippen molar-refractivity contribution in [2.24, 2.45) is 0 Å². The Morgan fingerprint density at radius 1 is 1.47 bits per heavy atom. The summed E-state index contributed by atoms with van der Waals surface area (Å²) in [7, 11) is -1.54. The van der Waals surface area contributed by atoms with E-state index in [2.05, 4.69) is 15.0 Å². The number of nitrogens with zero attached hydrogens (tertiary/aromatic N) is 1. The molecule has 0 spiro atoms. The lowest BCUT2D eigenvalue weighted by Gasteiger charge is -2.14. The van der Waals surface area contributed by atoms with Gasteiger partial charge in [-0.15, -0.1) is 0 Å². The van der Waals surface area contributed by atoms with Crippen molar-refractivity contribution in [2.75, 3.05) is 13.6 Å². The van der Waals surface area contributed by atoms with Gasteiger partial charge in [0.05, 0.1) is 5.25 Å². The standard InChI is InChI=1S/C11H19N3O2S/c1-9-4-5-13-7-11(9)8-14-17(15,16)10(2)6-12-3/h4-5,7,10,12,14H,6,8H2,1-3H3. The highest BCUT2D eigenvalue weighted by molar-refractivity contribution is 7.90. The highest BCUT2D eigenvalue weighted by Crippen LogP contribution is 2.06. The van der Waals surface area contributed by atoms with E-state index in [0.717, 1.165) is 11.1 Å². The predicted octanol–water partition coefficient (Wildman–Crippen LogP) is 0.417. The Balaban J connectivity index is 2.65. The Bertz CT molecular complexity index is 460. The Labute approximate surface area is 103 Å². The SMILES string of the molecule is CNCC(C)S(=O)(=O)NCc1cnccc1C. The van der Waals surface area contributed by atoms with Crippen LogP contribution in [-0.4, -0.2) is 32.2 Å². The second kappa shape index (κ2) is 6.09. The highest BCUT2D eigenvalue weighted by Gasteiger charge is 2.19. The molecule has 17 heavy (non-hydrogen) atoms. The summed E-state index contributed by atoms with van der Waals surface area (Å²) in [6.07, 6.45) is 3.37. The normalized spacial score (nSPS) is 13.6. The zero-order chi connectivity index (χ0) is 12.9. The van der Waals surface area contributed by atoms with Crippen LogP contribution < -0.4 is 10.0 Å². The average Bonchev–Trinajstić information content (AvgIpc) is 2.28. The van der Waals surface area contributed by atoms with Gasteiger partial charge in [0.1, 0.15) is 0 Å². The average molecular weight is 257 g/mol. The second-order valence-corrected chi connectivity index (χ2v) is 6.22. The number of aryl methyl sites for hydroxylation is 1. The maximum absolute atomic E-state index is 11.8. The lowest BCUT2D eigenvalue weighted by atomic mass is 10.2. The summed E-state index contributed by atoms with van der Waals surface area (Å²) in [6.45, 7) is 4.33. The molecule has 1 unspecified atom stereocenters. The molecule has 1 rings (SSSR count). The van der Waals surface area contributed by atoms with Crippen molar-refractivity contribution in [3.05, 3.63) is 29.6 Å². The van der Waals surface area contributed by atoms with Crippen LogP contribution in [0.4, 0.5) is 0 Å². The number of rotatable bonds is 6. The first kappa shape index (κ1) is 14.1. The van der Waals surface area contributed by atoms with E-state index < -0.39 is 15.3 Å². The van der Waals surface area contributed by atoms with Gasteiger partial charge in [-0.05, 0) is 38.1 Å². The van der Waals surface area contributed by atoms with E-state index in [4.69, 9.17) is 0 Å². The maximum atomic E-state index is 11.8. The van der Waals surface area contributed by atoms with E-state index in [1.807, 2.05) is 13.0 Å². The molecule has 0 fully saturated rings. The Hall–Kier alpha value is -0.980. The van der Waals surface area contributed by atoms with E-state index in [0.29, 0.717) is 6.54 Å². The topological polar surface area (TPSA) is 71.1 Å². The molecular formula is C11H19N3O2S. The molecule has 0 aliphatic carbocycles.